The number of amides is 2. The van der Waals surface area contributed by atoms with E-state index in [1.54, 1.807) is 12.1 Å². The zero-order chi connectivity index (χ0) is 42.4. The number of ether oxygens (including phenoxy) is 7. The first-order valence-electron chi connectivity index (χ1n) is 17.3. The first-order chi connectivity index (χ1) is 27.5. The summed E-state index contributed by atoms with van der Waals surface area (Å²) in [5.41, 5.74) is 3.36. The van der Waals surface area contributed by atoms with Crippen molar-refractivity contribution in [3.63, 3.8) is 0 Å². The number of nitrogens with one attached hydrogen (secondary N) is 2. The van der Waals surface area contributed by atoms with Crippen LogP contribution in [0.2, 0.25) is 0 Å². The Balaban J connectivity index is 1.44. The summed E-state index contributed by atoms with van der Waals surface area (Å²) in [6, 6.07) is 10.8. The Morgan fingerprint density at radius 1 is 0.690 bits per heavy atom. The lowest BCUT2D eigenvalue weighted by molar-refractivity contribution is -0.278. The van der Waals surface area contributed by atoms with E-state index >= 15 is 0 Å². The summed E-state index contributed by atoms with van der Waals surface area (Å²) in [5.74, 6) is -20.2. The number of hydrogen-bond acceptors (Lipinski definition) is 13. The predicted molar refractivity (Wildman–Crippen MR) is 184 cm³/mol. The van der Waals surface area contributed by atoms with E-state index in [9.17, 15) is 50.7 Å². The Hall–Kier alpha value is -6.15. The van der Waals surface area contributed by atoms with Crippen LogP contribution >= 0.6 is 0 Å². The van der Waals surface area contributed by atoms with Crippen molar-refractivity contribution >= 4 is 35.9 Å². The molecular formula is C38H35F5N2O13. The van der Waals surface area contributed by atoms with Crippen molar-refractivity contribution in [1.82, 2.24) is 10.6 Å². The molecule has 0 radical (unpaired) electrons. The summed E-state index contributed by atoms with van der Waals surface area (Å²) in [4.78, 5) is 75.1. The lowest BCUT2D eigenvalue weighted by Crippen LogP contribution is -2.67. The zero-order valence-corrected chi connectivity index (χ0v) is 31.0. The summed E-state index contributed by atoms with van der Waals surface area (Å²) in [6.07, 6.45) is -7.84. The van der Waals surface area contributed by atoms with Crippen LogP contribution in [0, 0.1) is 29.1 Å². The van der Waals surface area contributed by atoms with Crippen molar-refractivity contribution in [3.8, 4) is 16.9 Å². The molecule has 58 heavy (non-hydrogen) atoms. The Morgan fingerprint density at radius 3 is 1.76 bits per heavy atom. The van der Waals surface area contributed by atoms with Gasteiger partial charge >= 0.3 is 30.0 Å². The van der Waals surface area contributed by atoms with Crippen LogP contribution < -0.4 is 15.4 Å². The van der Waals surface area contributed by atoms with Gasteiger partial charge in [-0.15, -0.1) is 0 Å². The van der Waals surface area contributed by atoms with E-state index in [-0.39, 0.29) is 6.61 Å². The van der Waals surface area contributed by atoms with Gasteiger partial charge in [-0.3, -0.25) is 19.2 Å². The fourth-order valence-corrected chi connectivity index (χ4v) is 6.42. The Labute approximate surface area is 326 Å². The molecule has 6 atom stereocenters. The van der Waals surface area contributed by atoms with Gasteiger partial charge in [-0.25, -0.2) is 22.8 Å². The SMILES string of the molecule is CC(=O)NC1[C@@H](OC[C@H](NC(=O)OCC2c3ccccc3-c3ccccc32)C(=O)Oc2c(F)c(F)c(F)c(F)c2F)OC(COC(C)=O)[C@H](OC(C)=O)[C@H]1OC(C)=O. The van der Waals surface area contributed by atoms with Gasteiger partial charge < -0.3 is 43.8 Å². The highest BCUT2D eigenvalue weighted by molar-refractivity contribution is 5.83. The van der Waals surface area contributed by atoms with E-state index in [2.05, 4.69) is 15.4 Å². The standard InChI is InChI=1S/C38H35F5N2O13/c1-16(46)44-32-35(56-19(4)49)33(55-18(3)48)26(15-52-17(2)47)57-37(32)53-14-25(36(50)58-34-30(42)28(40)27(39)29(41)31(34)43)45-38(51)54-13-24-22-11-7-5-9-20(22)21-10-6-8-12-23(21)24/h5-12,24-26,32-33,35,37H,13-15H2,1-4H3,(H,44,46)(H,45,51)/t25-,26?,32?,33-,35-,37-/m0/s1. The van der Waals surface area contributed by atoms with E-state index in [4.69, 9.17) is 28.4 Å². The minimum absolute atomic E-state index is 0.310. The number of esters is 4. The van der Waals surface area contributed by atoms with Crippen LogP contribution in [0.15, 0.2) is 48.5 Å². The summed E-state index contributed by atoms with van der Waals surface area (Å²) in [6.45, 7) is 1.97. The average molecular weight is 823 g/mol. The number of halogens is 5. The molecule has 0 aromatic heterocycles. The molecule has 5 rings (SSSR count). The van der Waals surface area contributed by atoms with Crippen molar-refractivity contribution in [3.05, 3.63) is 88.7 Å². The number of fused-ring (bicyclic) bond motifs is 3. The van der Waals surface area contributed by atoms with Gasteiger partial charge in [0.05, 0.1) is 6.61 Å². The molecule has 0 spiro atoms. The first kappa shape index (κ1) is 43.0. The second kappa shape index (κ2) is 18.4. The van der Waals surface area contributed by atoms with E-state index < -0.39 is 127 Å². The van der Waals surface area contributed by atoms with Gasteiger partial charge in [-0.2, -0.15) is 8.78 Å². The second-order valence-corrected chi connectivity index (χ2v) is 12.9. The van der Waals surface area contributed by atoms with Gasteiger partial charge in [0.15, 0.2) is 24.5 Å². The maximum atomic E-state index is 14.6. The van der Waals surface area contributed by atoms with Gasteiger partial charge in [0.25, 0.3) is 0 Å². The third kappa shape index (κ3) is 9.68. The molecule has 1 fully saturated rings. The molecule has 1 saturated heterocycles. The van der Waals surface area contributed by atoms with Gasteiger partial charge in [0.2, 0.25) is 40.7 Å². The number of alkyl carbamates (subject to hydrolysis) is 1. The van der Waals surface area contributed by atoms with Crippen LogP contribution in [0.3, 0.4) is 0 Å². The highest BCUT2D eigenvalue weighted by atomic mass is 19.2. The van der Waals surface area contributed by atoms with E-state index in [1.807, 2.05) is 36.4 Å². The molecule has 15 nitrogen and oxygen atoms in total. The minimum Gasteiger partial charge on any atom is -0.463 e. The number of benzene rings is 3. The molecule has 2 amide bonds. The molecule has 1 aliphatic heterocycles. The third-order valence-electron chi connectivity index (χ3n) is 8.79. The number of hydrogen-bond donors (Lipinski definition) is 2. The molecular weight excluding hydrogens is 787 g/mol. The molecule has 1 heterocycles. The molecule has 310 valence electrons. The summed E-state index contributed by atoms with van der Waals surface area (Å²) < 4.78 is 108. The van der Waals surface area contributed by atoms with Crippen LogP contribution in [-0.4, -0.2) is 92.4 Å². The van der Waals surface area contributed by atoms with Crippen molar-refractivity contribution in [2.75, 3.05) is 19.8 Å². The maximum absolute atomic E-state index is 14.6. The van der Waals surface area contributed by atoms with Gasteiger partial charge in [0.1, 0.15) is 25.4 Å². The average Bonchev–Trinajstić information content (AvgIpc) is 3.49. The van der Waals surface area contributed by atoms with E-state index in [0.29, 0.717) is 0 Å². The molecule has 3 aromatic carbocycles. The monoisotopic (exact) mass is 822 g/mol. The van der Waals surface area contributed by atoms with Crippen molar-refractivity contribution in [1.29, 1.82) is 0 Å². The molecule has 20 heteroatoms. The van der Waals surface area contributed by atoms with Crippen molar-refractivity contribution < 1.29 is 83.9 Å². The lowest BCUT2D eigenvalue weighted by atomic mass is 9.96. The fraction of sp³-hybridized carbons (Fsp3) is 0.368. The quantitative estimate of drug-likeness (QED) is 0.0632. The van der Waals surface area contributed by atoms with E-state index in [0.717, 1.165) is 49.9 Å². The van der Waals surface area contributed by atoms with Crippen LogP contribution in [0.4, 0.5) is 26.7 Å². The summed E-state index contributed by atoms with van der Waals surface area (Å²) in [7, 11) is 0. The van der Waals surface area contributed by atoms with Crippen LogP contribution in [-0.2, 0) is 52.4 Å². The van der Waals surface area contributed by atoms with E-state index in [1.165, 1.54) is 0 Å². The predicted octanol–water partition coefficient (Wildman–Crippen LogP) is 3.87. The van der Waals surface area contributed by atoms with Gasteiger partial charge in [-0.05, 0) is 22.3 Å². The lowest BCUT2D eigenvalue weighted by Gasteiger charge is -2.45. The zero-order valence-electron chi connectivity index (χ0n) is 31.0. The Kier molecular flexibility index (Phi) is 13.6. The van der Waals surface area contributed by atoms with Gasteiger partial charge in [-0.1, -0.05) is 48.5 Å². The van der Waals surface area contributed by atoms with Gasteiger partial charge in [0, 0.05) is 33.6 Å². The summed E-state index contributed by atoms with van der Waals surface area (Å²) in [5, 5.41) is 4.48. The number of carbonyl (C=O) groups excluding carboxylic acids is 6. The fourth-order valence-electron chi connectivity index (χ4n) is 6.42. The second-order valence-electron chi connectivity index (χ2n) is 12.9. The first-order valence-corrected chi connectivity index (χ1v) is 17.3. The molecule has 2 N–H and O–H groups in total. The third-order valence-corrected chi connectivity index (χ3v) is 8.79. The molecule has 3 aromatic rings. The topological polar surface area (TPSA) is 191 Å². The highest BCUT2D eigenvalue weighted by Gasteiger charge is 2.51. The van der Waals surface area contributed by atoms with Crippen molar-refractivity contribution in [2.45, 2.75) is 70.3 Å². The number of carbonyl (C=O) groups is 6. The number of rotatable bonds is 13. The van der Waals surface area contributed by atoms with Crippen LogP contribution in [0.1, 0.15) is 44.7 Å². The Morgan fingerprint density at radius 2 is 1.22 bits per heavy atom. The normalized spacial score (nSPS) is 20.1. The minimum atomic E-state index is -2.54. The maximum Gasteiger partial charge on any atom is 0.407 e. The van der Waals surface area contributed by atoms with Crippen LogP contribution in [0.25, 0.3) is 11.1 Å². The highest BCUT2D eigenvalue weighted by Crippen LogP contribution is 2.44. The smallest absolute Gasteiger partial charge is 0.407 e. The molecule has 1 aliphatic carbocycles. The van der Waals surface area contributed by atoms with Crippen molar-refractivity contribution in [2.24, 2.45) is 0 Å². The largest absolute Gasteiger partial charge is 0.463 e. The van der Waals surface area contributed by atoms with Crippen LogP contribution in [0.5, 0.6) is 5.75 Å². The molecule has 0 bridgehead atoms. The Bertz CT molecular complexity index is 2030. The molecule has 0 saturated carbocycles. The summed E-state index contributed by atoms with van der Waals surface area (Å²) >= 11 is 0. The molecule has 2 aliphatic rings. The molecule has 2 unspecified atom stereocenters.